The lowest BCUT2D eigenvalue weighted by molar-refractivity contribution is -0.0335. The van der Waals surface area contributed by atoms with Gasteiger partial charge in [-0.25, -0.2) is 12.7 Å². The summed E-state index contributed by atoms with van der Waals surface area (Å²) in [6, 6.07) is 0. The van der Waals surface area contributed by atoms with E-state index in [1.807, 2.05) is 6.92 Å². The standard InChI is InChI=1S/C12H23NO4S/c1-3-16-11-9-12(17-10-11)5-7-13(8-6-12)18(14,15)4-2/h11H,3-10H2,1-2H3. The van der Waals surface area contributed by atoms with E-state index in [2.05, 4.69) is 0 Å². The zero-order valence-electron chi connectivity index (χ0n) is 11.2. The van der Waals surface area contributed by atoms with Gasteiger partial charge in [-0.2, -0.15) is 0 Å². The van der Waals surface area contributed by atoms with Crippen molar-refractivity contribution < 1.29 is 17.9 Å². The molecule has 0 bridgehead atoms. The Bertz CT molecular complexity index is 374. The average Bonchev–Trinajstić information content (AvgIpc) is 2.73. The number of rotatable bonds is 4. The minimum absolute atomic E-state index is 0.139. The van der Waals surface area contributed by atoms with Gasteiger partial charge in [0.2, 0.25) is 10.0 Å². The van der Waals surface area contributed by atoms with E-state index in [0.29, 0.717) is 26.3 Å². The van der Waals surface area contributed by atoms with E-state index >= 15 is 0 Å². The molecule has 106 valence electrons. The number of sulfonamides is 1. The summed E-state index contributed by atoms with van der Waals surface area (Å²) in [5, 5.41) is 0. The van der Waals surface area contributed by atoms with Crippen molar-refractivity contribution in [2.45, 2.75) is 44.8 Å². The number of hydrogen-bond donors (Lipinski definition) is 0. The molecule has 0 radical (unpaired) electrons. The van der Waals surface area contributed by atoms with E-state index in [9.17, 15) is 8.42 Å². The summed E-state index contributed by atoms with van der Waals surface area (Å²) in [5.74, 6) is 0.183. The Labute approximate surface area is 109 Å². The molecule has 0 N–H and O–H groups in total. The zero-order valence-corrected chi connectivity index (χ0v) is 12.0. The maximum atomic E-state index is 11.8. The third kappa shape index (κ3) is 2.87. The van der Waals surface area contributed by atoms with E-state index in [0.717, 1.165) is 19.3 Å². The van der Waals surface area contributed by atoms with Crippen LogP contribution < -0.4 is 0 Å². The van der Waals surface area contributed by atoms with Gasteiger partial charge < -0.3 is 9.47 Å². The molecule has 0 amide bonds. The molecular weight excluding hydrogens is 254 g/mol. The van der Waals surface area contributed by atoms with Crippen molar-refractivity contribution in [1.82, 2.24) is 4.31 Å². The summed E-state index contributed by atoms with van der Waals surface area (Å²) in [4.78, 5) is 0. The molecule has 2 rings (SSSR count). The summed E-state index contributed by atoms with van der Waals surface area (Å²) in [5.41, 5.74) is -0.139. The molecule has 0 aliphatic carbocycles. The van der Waals surface area contributed by atoms with E-state index < -0.39 is 10.0 Å². The fourth-order valence-electron chi connectivity index (χ4n) is 2.85. The molecule has 6 heteroatoms. The molecule has 0 aromatic carbocycles. The fraction of sp³-hybridized carbons (Fsp3) is 1.00. The van der Waals surface area contributed by atoms with Gasteiger partial charge in [-0.1, -0.05) is 0 Å². The molecular formula is C12H23NO4S. The lowest BCUT2D eigenvalue weighted by Gasteiger charge is -2.37. The van der Waals surface area contributed by atoms with Crippen molar-refractivity contribution in [1.29, 1.82) is 0 Å². The normalized spacial score (nSPS) is 28.9. The fourth-order valence-corrected chi connectivity index (χ4v) is 3.95. The van der Waals surface area contributed by atoms with Crippen molar-refractivity contribution in [2.75, 3.05) is 32.1 Å². The second kappa shape index (κ2) is 5.45. The Morgan fingerprint density at radius 1 is 1.33 bits per heavy atom. The van der Waals surface area contributed by atoms with Crippen LogP contribution in [0.1, 0.15) is 33.1 Å². The Hall–Kier alpha value is -0.170. The van der Waals surface area contributed by atoms with Crippen LogP contribution in [0.15, 0.2) is 0 Å². The van der Waals surface area contributed by atoms with Gasteiger partial charge in [-0.05, 0) is 26.7 Å². The minimum Gasteiger partial charge on any atom is -0.376 e. The monoisotopic (exact) mass is 277 g/mol. The summed E-state index contributed by atoms with van der Waals surface area (Å²) in [6.45, 7) is 6.19. The third-order valence-corrected chi connectivity index (χ3v) is 5.85. The lowest BCUT2D eigenvalue weighted by Crippen LogP contribution is -2.47. The van der Waals surface area contributed by atoms with Crippen molar-refractivity contribution in [3.63, 3.8) is 0 Å². The zero-order chi connectivity index (χ0) is 13.2. The predicted octanol–water partition coefficient (Wildman–Crippen LogP) is 0.996. The van der Waals surface area contributed by atoms with Crippen LogP contribution in [-0.4, -0.2) is 56.5 Å². The predicted molar refractivity (Wildman–Crippen MR) is 69.0 cm³/mol. The molecule has 2 aliphatic rings. The van der Waals surface area contributed by atoms with E-state index in [-0.39, 0.29) is 17.5 Å². The molecule has 2 saturated heterocycles. The number of ether oxygens (including phenoxy) is 2. The Morgan fingerprint density at radius 3 is 2.56 bits per heavy atom. The first kappa shape index (κ1) is 14.2. The van der Waals surface area contributed by atoms with Gasteiger partial charge in [0.05, 0.1) is 24.1 Å². The Balaban J connectivity index is 1.91. The molecule has 0 saturated carbocycles. The van der Waals surface area contributed by atoms with Crippen LogP contribution in [0.5, 0.6) is 0 Å². The van der Waals surface area contributed by atoms with Crippen LogP contribution in [-0.2, 0) is 19.5 Å². The highest BCUT2D eigenvalue weighted by molar-refractivity contribution is 7.89. The highest BCUT2D eigenvalue weighted by atomic mass is 32.2. The van der Waals surface area contributed by atoms with E-state index in [1.165, 1.54) is 0 Å². The summed E-state index contributed by atoms with van der Waals surface area (Å²) in [7, 11) is -3.04. The van der Waals surface area contributed by atoms with Crippen molar-refractivity contribution in [3.05, 3.63) is 0 Å². The highest BCUT2D eigenvalue weighted by Crippen LogP contribution is 2.37. The molecule has 1 atom stereocenters. The largest absolute Gasteiger partial charge is 0.376 e. The van der Waals surface area contributed by atoms with Gasteiger partial charge >= 0.3 is 0 Å². The van der Waals surface area contributed by atoms with Crippen LogP contribution in [0.25, 0.3) is 0 Å². The molecule has 0 aromatic rings. The van der Waals surface area contributed by atoms with Gasteiger partial charge in [-0.15, -0.1) is 0 Å². The average molecular weight is 277 g/mol. The molecule has 2 aliphatic heterocycles. The topological polar surface area (TPSA) is 55.8 Å². The lowest BCUT2D eigenvalue weighted by atomic mass is 9.89. The minimum atomic E-state index is -3.04. The summed E-state index contributed by atoms with van der Waals surface area (Å²) >= 11 is 0. The van der Waals surface area contributed by atoms with Gasteiger partial charge in [0.1, 0.15) is 0 Å². The smallest absolute Gasteiger partial charge is 0.213 e. The maximum Gasteiger partial charge on any atom is 0.213 e. The first-order valence-electron chi connectivity index (χ1n) is 6.75. The number of piperidine rings is 1. The highest BCUT2D eigenvalue weighted by Gasteiger charge is 2.44. The first-order valence-corrected chi connectivity index (χ1v) is 8.35. The van der Waals surface area contributed by atoms with E-state index in [4.69, 9.17) is 9.47 Å². The van der Waals surface area contributed by atoms with Gasteiger partial charge in [0.15, 0.2) is 0 Å². The Morgan fingerprint density at radius 2 is 2.00 bits per heavy atom. The Kier molecular flexibility index (Phi) is 4.31. The van der Waals surface area contributed by atoms with Crippen molar-refractivity contribution >= 4 is 10.0 Å². The maximum absolute atomic E-state index is 11.8. The van der Waals surface area contributed by atoms with Crippen LogP contribution in [0, 0.1) is 0 Å². The summed E-state index contributed by atoms with van der Waals surface area (Å²) < 4.78 is 36.6. The van der Waals surface area contributed by atoms with Crippen molar-refractivity contribution in [3.8, 4) is 0 Å². The molecule has 1 unspecified atom stereocenters. The quantitative estimate of drug-likeness (QED) is 0.769. The number of hydrogen-bond acceptors (Lipinski definition) is 4. The van der Waals surface area contributed by atoms with Crippen LogP contribution in [0.4, 0.5) is 0 Å². The van der Waals surface area contributed by atoms with Gasteiger partial charge in [0.25, 0.3) is 0 Å². The van der Waals surface area contributed by atoms with E-state index in [1.54, 1.807) is 11.2 Å². The molecule has 2 fully saturated rings. The van der Waals surface area contributed by atoms with Gasteiger partial charge in [0, 0.05) is 26.1 Å². The molecule has 0 aromatic heterocycles. The van der Waals surface area contributed by atoms with Crippen LogP contribution in [0.3, 0.4) is 0 Å². The molecule has 18 heavy (non-hydrogen) atoms. The summed E-state index contributed by atoms with van der Waals surface area (Å²) in [6.07, 6.45) is 2.66. The van der Waals surface area contributed by atoms with Gasteiger partial charge in [-0.3, -0.25) is 0 Å². The van der Waals surface area contributed by atoms with Crippen molar-refractivity contribution in [2.24, 2.45) is 0 Å². The molecule has 5 nitrogen and oxygen atoms in total. The van der Waals surface area contributed by atoms with Crippen LogP contribution >= 0.6 is 0 Å². The molecule has 1 spiro atoms. The molecule has 2 heterocycles. The number of nitrogens with zero attached hydrogens (tertiary/aromatic N) is 1. The SMILES string of the molecule is CCOC1COC2(CCN(S(=O)(=O)CC)CC2)C1. The second-order valence-electron chi connectivity index (χ2n) is 5.08. The first-order chi connectivity index (χ1) is 8.51. The third-order valence-electron chi connectivity index (χ3n) is 3.97. The second-order valence-corrected chi connectivity index (χ2v) is 7.33. The van der Waals surface area contributed by atoms with Crippen LogP contribution in [0.2, 0.25) is 0 Å².